The lowest BCUT2D eigenvalue weighted by molar-refractivity contribution is -0.138. The topological polar surface area (TPSA) is 62.2 Å². The molecule has 4 heteroatoms. The average molecular weight is 208 g/mol. The van der Waals surface area contributed by atoms with Gasteiger partial charge in [0.05, 0.1) is 0 Å². The smallest absolute Gasteiger partial charge is 0.326 e. The molecule has 0 spiro atoms. The number of carboxylic acid groups (broad SMARTS) is 1. The lowest BCUT2D eigenvalue weighted by Crippen LogP contribution is -2.34. The SMILES string of the molecule is Cc1cccc(N[C@H](C(=O)O)C(C)C)n1. The third-order valence-electron chi connectivity index (χ3n) is 2.12. The number of hydrogen-bond acceptors (Lipinski definition) is 3. The Balaban J connectivity index is 2.79. The van der Waals surface area contributed by atoms with Gasteiger partial charge in [0.15, 0.2) is 0 Å². The minimum absolute atomic E-state index is 0.0183. The number of aryl methyl sites for hydroxylation is 1. The second kappa shape index (κ2) is 4.77. The fourth-order valence-electron chi connectivity index (χ4n) is 1.30. The van der Waals surface area contributed by atoms with Crippen molar-refractivity contribution in [1.82, 2.24) is 4.98 Å². The van der Waals surface area contributed by atoms with Crippen molar-refractivity contribution in [2.24, 2.45) is 5.92 Å². The van der Waals surface area contributed by atoms with Gasteiger partial charge in [-0.1, -0.05) is 19.9 Å². The molecule has 0 amide bonds. The van der Waals surface area contributed by atoms with Gasteiger partial charge in [-0.15, -0.1) is 0 Å². The number of aliphatic carboxylic acids is 1. The number of aromatic nitrogens is 1. The molecule has 82 valence electrons. The van der Waals surface area contributed by atoms with Crippen LogP contribution in [0, 0.1) is 12.8 Å². The van der Waals surface area contributed by atoms with Crippen LogP contribution in [-0.2, 0) is 4.79 Å². The summed E-state index contributed by atoms with van der Waals surface area (Å²) in [6, 6.07) is 4.89. The molecule has 0 bridgehead atoms. The maximum absolute atomic E-state index is 10.9. The standard InChI is InChI=1S/C11H16N2O2/c1-7(2)10(11(14)15)13-9-6-4-5-8(3)12-9/h4-7,10H,1-3H3,(H,12,13)(H,14,15)/t10-/m0/s1. The number of nitrogens with one attached hydrogen (secondary N) is 1. The molecule has 0 aliphatic carbocycles. The van der Waals surface area contributed by atoms with Gasteiger partial charge in [0.1, 0.15) is 11.9 Å². The Kier molecular flexibility index (Phi) is 3.66. The predicted octanol–water partition coefficient (Wildman–Crippen LogP) is 1.91. The van der Waals surface area contributed by atoms with Crippen molar-refractivity contribution >= 4 is 11.8 Å². The Morgan fingerprint density at radius 1 is 1.47 bits per heavy atom. The van der Waals surface area contributed by atoms with Crippen molar-refractivity contribution in [3.8, 4) is 0 Å². The van der Waals surface area contributed by atoms with Crippen molar-refractivity contribution in [3.05, 3.63) is 23.9 Å². The summed E-state index contributed by atoms with van der Waals surface area (Å²) in [7, 11) is 0. The Morgan fingerprint density at radius 3 is 2.60 bits per heavy atom. The van der Waals surface area contributed by atoms with E-state index in [9.17, 15) is 4.79 Å². The number of anilines is 1. The molecule has 1 rings (SSSR count). The molecule has 0 aliphatic heterocycles. The quantitative estimate of drug-likeness (QED) is 0.793. The van der Waals surface area contributed by atoms with Crippen LogP contribution in [0.2, 0.25) is 0 Å². The van der Waals surface area contributed by atoms with Gasteiger partial charge in [0.25, 0.3) is 0 Å². The number of nitrogens with zero attached hydrogens (tertiary/aromatic N) is 1. The van der Waals surface area contributed by atoms with Gasteiger partial charge in [-0.05, 0) is 25.0 Å². The maximum Gasteiger partial charge on any atom is 0.326 e. The summed E-state index contributed by atoms with van der Waals surface area (Å²) in [6.45, 7) is 5.60. The Morgan fingerprint density at radius 2 is 2.13 bits per heavy atom. The third-order valence-corrected chi connectivity index (χ3v) is 2.12. The second-order valence-corrected chi connectivity index (χ2v) is 3.87. The summed E-state index contributed by atoms with van der Waals surface area (Å²) in [5, 5.41) is 11.9. The molecule has 0 radical (unpaired) electrons. The van der Waals surface area contributed by atoms with Gasteiger partial charge in [-0.2, -0.15) is 0 Å². The number of carbonyl (C=O) groups is 1. The number of carboxylic acids is 1. The molecule has 1 heterocycles. The van der Waals surface area contributed by atoms with E-state index in [0.717, 1.165) is 5.69 Å². The van der Waals surface area contributed by atoms with Gasteiger partial charge >= 0.3 is 5.97 Å². The van der Waals surface area contributed by atoms with Crippen LogP contribution >= 0.6 is 0 Å². The van der Waals surface area contributed by atoms with E-state index in [2.05, 4.69) is 10.3 Å². The molecule has 0 saturated heterocycles. The van der Waals surface area contributed by atoms with E-state index in [0.29, 0.717) is 5.82 Å². The van der Waals surface area contributed by atoms with Crippen molar-refractivity contribution in [2.45, 2.75) is 26.8 Å². The molecule has 1 atom stereocenters. The molecule has 0 fully saturated rings. The fourth-order valence-corrected chi connectivity index (χ4v) is 1.30. The predicted molar refractivity (Wildman–Crippen MR) is 58.9 cm³/mol. The van der Waals surface area contributed by atoms with Crippen LogP contribution in [0.5, 0.6) is 0 Å². The summed E-state index contributed by atoms with van der Waals surface area (Å²) in [5.74, 6) is -0.228. The lowest BCUT2D eigenvalue weighted by atomic mass is 10.1. The molecule has 0 unspecified atom stereocenters. The van der Waals surface area contributed by atoms with Gasteiger partial charge < -0.3 is 10.4 Å². The van der Waals surface area contributed by atoms with Crippen LogP contribution in [0.25, 0.3) is 0 Å². The molecule has 2 N–H and O–H groups in total. The van der Waals surface area contributed by atoms with Crippen LogP contribution in [-0.4, -0.2) is 22.1 Å². The van der Waals surface area contributed by atoms with Crippen molar-refractivity contribution in [3.63, 3.8) is 0 Å². The lowest BCUT2D eigenvalue weighted by Gasteiger charge is -2.18. The van der Waals surface area contributed by atoms with Gasteiger partial charge in [0.2, 0.25) is 0 Å². The van der Waals surface area contributed by atoms with E-state index in [-0.39, 0.29) is 5.92 Å². The zero-order valence-electron chi connectivity index (χ0n) is 9.19. The van der Waals surface area contributed by atoms with E-state index in [1.165, 1.54) is 0 Å². The van der Waals surface area contributed by atoms with E-state index in [1.54, 1.807) is 6.07 Å². The zero-order chi connectivity index (χ0) is 11.4. The second-order valence-electron chi connectivity index (χ2n) is 3.87. The van der Waals surface area contributed by atoms with Crippen molar-refractivity contribution in [2.75, 3.05) is 5.32 Å². The average Bonchev–Trinajstić information content (AvgIpc) is 2.13. The van der Waals surface area contributed by atoms with Gasteiger partial charge in [-0.25, -0.2) is 9.78 Å². The first kappa shape index (κ1) is 11.5. The van der Waals surface area contributed by atoms with Gasteiger partial charge in [-0.3, -0.25) is 0 Å². The van der Waals surface area contributed by atoms with Crippen LogP contribution in [0.4, 0.5) is 5.82 Å². The number of rotatable bonds is 4. The first-order valence-corrected chi connectivity index (χ1v) is 4.93. The maximum atomic E-state index is 10.9. The van der Waals surface area contributed by atoms with Crippen molar-refractivity contribution in [1.29, 1.82) is 0 Å². The molecular weight excluding hydrogens is 192 g/mol. The Bertz CT molecular complexity index is 350. The third kappa shape index (κ3) is 3.23. The van der Waals surface area contributed by atoms with E-state index in [4.69, 9.17) is 5.11 Å². The molecular formula is C11H16N2O2. The highest BCUT2D eigenvalue weighted by Crippen LogP contribution is 2.11. The fraction of sp³-hybridized carbons (Fsp3) is 0.455. The largest absolute Gasteiger partial charge is 0.480 e. The van der Waals surface area contributed by atoms with E-state index >= 15 is 0 Å². The summed E-state index contributed by atoms with van der Waals surface area (Å²) >= 11 is 0. The molecule has 0 saturated carbocycles. The molecule has 0 aliphatic rings. The highest BCUT2D eigenvalue weighted by atomic mass is 16.4. The monoisotopic (exact) mass is 208 g/mol. The normalized spacial score (nSPS) is 12.5. The Hall–Kier alpha value is -1.58. The summed E-state index contributed by atoms with van der Waals surface area (Å²) in [4.78, 5) is 15.1. The van der Waals surface area contributed by atoms with Crippen LogP contribution in [0.3, 0.4) is 0 Å². The zero-order valence-corrected chi connectivity index (χ0v) is 9.19. The summed E-state index contributed by atoms with van der Waals surface area (Å²) < 4.78 is 0. The Labute approximate surface area is 89.3 Å². The summed E-state index contributed by atoms with van der Waals surface area (Å²) in [6.07, 6.45) is 0. The van der Waals surface area contributed by atoms with E-state index in [1.807, 2.05) is 32.9 Å². The molecule has 15 heavy (non-hydrogen) atoms. The highest BCUT2D eigenvalue weighted by molar-refractivity contribution is 5.77. The van der Waals surface area contributed by atoms with Crippen LogP contribution in [0.15, 0.2) is 18.2 Å². The first-order valence-electron chi connectivity index (χ1n) is 4.93. The number of hydrogen-bond donors (Lipinski definition) is 2. The van der Waals surface area contributed by atoms with Crippen LogP contribution < -0.4 is 5.32 Å². The molecule has 1 aromatic heterocycles. The molecule has 1 aromatic rings. The van der Waals surface area contributed by atoms with Crippen LogP contribution in [0.1, 0.15) is 19.5 Å². The molecule has 0 aromatic carbocycles. The minimum Gasteiger partial charge on any atom is -0.480 e. The minimum atomic E-state index is -0.853. The van der Waals surface area contributed by atoms with Gasteiger partial charge in [0, 0.05) is 5.69 Å². The number of pyridine rings is 1. The summed E-state index contributed by atoms with van der Waals surface area (Å²) in [5.41, 5.74) is 0.868. The van der Waals surface area contributed by atoms with E-state index < -0.39 is 12.0 Å². The molecule has 4 nitrogen and oxygen atoms in total. The highest BCUT2D eigenvalue weighted by Gasteiger charge is 2.21. The van der Waals surface area contributed by atoms with Crippen molar-refractivity contribution < 1.29 is 9.90 Å². The first-order chi connectivity index (χ1) is 7.00.